The molecule has 5 nitrogen and oxygen atoms in total. The zero-order chi connectivity index (χ0) is 12.3. The van der Waals surface area contributed by atoms with Gasteiger partial charge in [0.1, 0.15) is 5.76 Å². The van der Waals surface area contributed by atoms with Crippen molar-refractivity contribution in [3.63, 3.8) is 0 Å². The first-order valence-electron chi connectivity index (χ1n) is 5.79. The first-order chi connectivity index (χ1) is 8.24. The molecule has 0 bridgehead atoms. The van der Waals surface area contributed by atoms with Gasteiger partial charge in [0.15, 0.2) is 0 Å². The summed E-state index contributed by atoms with van der Waals surface area (Å²) in [6.07, 6.45) is 3.40. The molecule has 0 saturated carbocycles. The van der Waals surface area contributed by atoms with Gasteiger partial charge in [-0.1, -0.05) is 12.1 Å². The van der Waals surface area contributed by atoms with Crippen LogP contribution in [0.1, 0.15) is 25.0 Å². The summed E-state index contributed by atoms with van der Waals surface area (Å²) in [5.74, 6) is 2.05. The van der Waals surface area contributed by atoms with E-state index in [1.54, 1.807) is 6.26 Å². The van der Waals surface area contributed by atoms with Crippen LogP contribution < -0.4 is 5.32 Å². The van der Waals surface area contributed by atoms with Gasteiger partial charge in [0.05, 0.1) is 11.8 Å². The van der Waals surface area contributed by atoms with Crippen molar-refractivity contribution in [2.75, 3.05) is 7.05 Å². The van der Waals surface area contributed by atoms with Crippen LogP contribution in [-0.4, -0.2) is 23.2 Å². The van der Waals surface area contributed by atoms with Crippen molar-refractivity contribution in [2.24, 2.45) is 0 Å². The SMILES string of the molecule is CCC(Cc1nc(-c2ccoc2C)no1)NC. The average Bonchev–Trinajstić information content (AvgIpc) is 2.94. The Balaban J connectivity index is 2.14. The molecule has 92 valence electrons. The topological polar surface area (TPSA) is 64.1 Å². The van der Waals surface area contributed by atoms with E-state index in [1.807, 2.05) is 20.0 Å². The Morgan fingerprint density at radius 3 is 2.88 bits per heavy atom. The van der Waals surface area contributed by atoms with E-state index in [4.69, 9.17) is 8.94 Å². The Labute approximate surface area is 100 Å². The summed E-state index contributed by atoms with van der Waals surface area (Å²) >= 11 is 0. The number of likely N-dealkylation sites (N-methyl/N-ethyl adjacent to an activating group) is 1. The second kappa shape index (κ2) is 5.14. The number of aryl methyl sites for hydroxylation is 1. The molecular formula is C12H17N3O2. The van der Waals surface area contributed by atoms with Crippen molar-refractivity contribution < 1.29 is 8.94 Å². The monoisotopic (exact) mass is 235 g/mol. The van der Waals surface area contributed by atoms with Gasteiger partial charge in [0, 0.05) is 12.5 Å². The Hall–Kier alpha value is -1.62. The van der Waals surface area contributed by atoms with Crippen molar-refractivity contribution in [1.82, 2.24) is 15.5 Å². The number of hydrogen-bond donors (Lipinski definition) is 1. The molecular weight excluding hydrogens is 218 g/mol. The van der Waals surface area contributed by atoms with Crippen LogP contribution in [0.5, 0.6) is 0 Å². The summed E-state index contributed by atoms with van der Waals surface area (Å²) in [5, 5.41) is 7.18. The quantitative estimate of drug-likeness (QED) is 0.860. The minimum Gasteiger partial charge on any atom is -0.469 e. The first-order valence-corrected chi connectivity index (χ1v) is 5.79. The lowest BCUT2D eigenvalue weighted by molar-refractivity contribution is 0.359. The summed E-state index contributed by atoms with van der Waals surface area (Å²) in [7, 11) is 1.94. The van der Waals surface area contributed by atoms with Gasteiger partial charge in [-0.2, -0.15) is 4.98 Å². The number of furan rings is 1. The fourth-order valence-corrected chi connectivity index (χ4v) is 1.73. The van der Waals surface area contributed by atoms with Gasteiger partial charge in [-0.25, -0.2) is 0 Å². The van der Waals surface area contributed by atoms with Crippen molar-refractivity contribution >= 4 is 0 Å². The molecule has 0 aliphatic rings. The Morgan fingerprint density at radius 1 is 1.47 bits per heavy atom. The molecule has 0 aliphatic heterocycles. The molecule has 0 fully saturated rings. The van der Waals surface area contributed by atoms with Crippen LogP contribution >= 0.6 is 0 Å². The second-order valence-electron chi connectivity index (χ2n) is 4.00. The summed E-state index contributed by atoms with van der Waals surface area (Å²) < 4.78 is 10.5. The first kappa shape index (κ1) is 11.9. The maximum atomic E-state index is 5.23. The number of aromatic nitrogens is 2. The summed E-state index contributed by atoms with van der Waals surface area (Å²) in [5.41, 5.74) is 0.887. The average molecular weight is 235 g/mol. The van der Waals surface area contributed by atoms with E-state index in [0.717, 1.165) is 24.2 Å². The van der Waals surface area contributed by atoms with Gasteiger partial charge >= 0.3 is 0 Å². The number of nitrogens with zero attached hydrogens (tertiary/aromatic N) is 2. The zero-order valence-corrected chi connectivity index (χ0v) is 10.4. The molecule has 0 amide bonds. The van der Waals surface area contributed by atoms with E-state index >= 15 is 0 Å². The van der Waals surface area contributed by atoms with Gasteiger partial charge in [0.2, 0.25) is 11.7 Å². The Bertz CT molecular complexity index is 472. The van der Waals surface area contributed by atoms with Gasteiger partial charge in [-0.05, 0) is 26.5 Å². The molecule has 2 aromatic heterocycles. The highest BCUT2D eigenvalue weighted by Crippen LogP contribution is 2.21. The molecule has 0 radical (unpaired) electrons. The second-order valence-corrected chi connectivity index (χ2v) is 4.00. The minimum absolute atomic E-state index is 0.369. The molecule has 0 aromatic carbocycles. The van der Waals surface area contributed by atoms with Gasteiger partial charge in [0.25, 0.3) is 0 Å². The van der Waals surface area contributed by atoms with E-state index in [0.29, 0.717) is 17.8 Å². The lowest BCUT2D eigenvalue weighted by atomic mass is 10.1. The molecule has 0 spiro atoms. The van der Waals surface area contributed by atoms with Crippen LogP contribution in [0.2, 0.25) is 0 Å². The van der Waals surface area contributed by atoms with Crippen molar-refractivity contribution in [3.8, 4) is 11.4 Å². The van der Waals surface area contributed by atoms with Gasteiger partial charge in [-0.3, -0.25) is 0 Å². The Kier molecular flexibility index (Phi) is 3.58. The summed E-state index contributed by atoms with van der Waals surface area (Å²) in [4.78, 5) is 4.37. The molecule has 1 N–H and O–H groups in total. The molecule has 0 aliphatic carbocycles. The Morgan fingerprint density at radius 2 is 2.29 bits per heavy atom. The van der Waals surface area contributed by atoms with E-state index < -0.39 is 0 Å². The molecule has 2 heterocycles. The lowest BCUT2D eigenvalue weighted by Gasteiger charge is -2.09. The molecule has 5 heteroatoms. The highest BCUT2D eigenvalue weighted by Gasteiger charge is 2.15. The molecule has 2 aromatic rings. The standard InChI is InChI=1S/C12H17N3O2/c1-4-9(13-3)7-11-14-12(15-17-11)10-5-6-16-8(10)2/h5-6,9,13H,4,7H2,1-3H3. The lowest BCUT2D eigenvalue weighted by Crippen LogP contribution is -2.26. The van der Waals surface area contributed by atoms with Crippen LogP contribution in [0.25, 0.3) is 11.4 Å². The van der Waals surface area contributed by atoms with Crippen LogP contribution in [0.3, 0.4) is 0 Å². The van der Waals surface area contributed by atoms with Gasteiger partial charge in [-0.15, -0.1) is 0 Å². The molecule has 17 heavy (non-hydrogen) atoms. The largest absolute Gasteiger partial charge is 0.469 e. The van der Waals surface area contributed by atoms with Crippen molar-refractivity contribution in [3.05, 3.63) is 24.0 Å². The van der Waals surface area contributed by atoms with Crippen LogP contribution in [0, 0.1) is 6.92 Å². The third kappa shape index (κ3) is 2.55. The van der Waals surface area contributed by atoms with E-state index in [-0.39, 0.29) is 0 Å². The van der Waals surface area contributed by atoms with Crippen molar-refractivity contribution in [1.29, 1.82) is 0 Å². The predicted octanol–water partition coefficient (Wildman–Crippen LogP) is 2.18. The van der Waals surface area contributed by atoms with Crippen LogP contribution in [0.15, 0.2) is 21.3 Å². The van der Waals surface area contributed by atoms with E-state index in [2.05, 4.69) is 22.4 Å². The predicted molar refractivity (Wildman–Crippen MR) is 63.6 cm³/mol. The smallest absolute Gasteiger partial charge is 0.228 e. The van der Waals surface area contributed by atoms with Crippen molar-refractivity contribution in [2.45, 2.75) is 32.7 Å². The normalized spacial score (nSPS) is 12.9. The van der Waals surface area contributed by atoms with E-state index in [9.17, 15) is 0 Å². The third-order valence-corrected chi connectivity index (χ3v) is 2.89. The summed E-state index contributed by atoms with van der Waals surface area (Å²) in [6, 6.07) is 2.22. The van der Waals surface area contributed by atoms with Crippen LogP contribution in [-0.2, 0) is 6.42 Å². The van der Waals surface area contributed by atoms with Gasteiger partial charge < -0.3 is 14.3 Å². The third-order valence-electron chi connectivity index (χ3n) is 2.89. The zero-order valence-electron chi connectivity index (χ0n) is 10.4. The fraction of sp³-hybridized carbons (Fsp3) is 0.500. The number of hydrogen-bond acceptors (Lipinski definition) is 5. The minimum atomic E-state index is 0.369. The maximum absolute atomic E-state index is 5.23. The molecule has 2 rings (SSSR count). The van der Waals surface area contributed by atoms with E-state index in [1.165, 1.54) is 0 Å². The maximum Gasteiger partial charge on any atom is 0.228 e. The highest BCUT2D eigenvalue weighted by atomic mass is 16.5. The number of rotatable bonds is 5. The molecule has 1 atom stereocenters. The molecule has 1 unspecified atom stereocenters. The van der Waals surface area contributed by atoms with Crippen LogP contribution in [0.4, 0.5) is 0 Å². The fourth-order valence-electron chi connectivity index (χ4n) is 1.73. The number of nitrogens with one attached hydrogen (secondary N) is 1. The molecule has 0 saturated heterocycles. The highest BCUT2D eigenvalue weighted by molar-refractivity contribution is 5.56. The summed E-state index contributed by atoms with van der Waals surface area (Å²) in [6.45, 7) is 4.01.